The minimum absolute atomic E-state index is 0.0790. The van der Waals surface area contributed by atoms with Crippen molar-refractivity contribution in [1.82, 2.24) is 25.6 Å². The second kappa shape index (κ2) is 7.03. The largest absolute Gasteiger partial charge is 0.305 e. The average Bonchev–Trinajstić information content (AvgIpc) is 2.85. The van der Waals surface area contributed by atoms with Gasteiger partial charge in [-0.1, -0.05) is 11.8 Å². The summed E-state index contributed by atoms with van der Waals surface area (Å²) >= 11 is 1.18. The number of rotatable bonds is 4. The van der Waals surface area contributed by atoms with Gasteiger partial charge in [-0.15, -0.1) is 10.2 Å². The fourth-order valence-electron chi connectivity index (χ4n) is 1.61. The Balaban J connectivity index is 2.00. The molecule has 2 amide bonds. The van der Waals surface area contributed by atoms with Crippen LogP contribution in [0.2, 0.25) is 0 Å². The van der Waals surface area contributed by atoms with Gasteiger partial charge in [0.15, 0.2) is 11.0 Å². The van der Waals surface area contributed by atoms with Gasteiger partial charge in [0.05, 0.1) is 5.75 Å². The van der Waals surface area contributed by atoms with Crippen molar-refractivity contribution >= 4 is 23.6 Å². The quantitative estimate of drug-likeness (QED) is 0.644. The minimum Gasteiger partial charge on any atom is -0.305 e. The predicted molar refractivity (Wildman–Crippen MR) is 79.1 cm³/mol. The van der Waals surface area contributed by atoms with Crippen LogP contribution in [0.15, 0.2) is 29.4 Å². The van der Waals surface area contributed by atoms with Gasteiger partial charge in [0.2, 0.25) is 11.8 Å². The maximum absolute atomic E-state index is 12.9. The lowest BCUT2D eigenvalue weighted by atomic mass is 10.2. The maximum atomic E-state index is 12.9. The number of thioether (sulfide) groups is 1. The molecule has 116 valence electrons. The molecule has 2 rings (SSSR count). The van der Waals surface area contributed by atoms with E-state index in [2.05, 4.69) is 21.0 Å². The first-order valence-electron chi connectivity index (χ1n) is 6.31. The lowest BCUT2D eigenvalue weighted by Crippen LogP contribution is -2.41. The molecule has 1 heterocycles. The Labute approximate surface area is 130 Å². The van der Waals surface area contributed by atoms with Crippen molar-refractivity contribution in [2.45, 2.75) is 12.1 Å². The summed E-state index contributed by atoms with van der Waals surface area (Å²) in [6.07, 6.45) is 0. The molecule has 9 heteroatoms. The monoisotopic (exact) mass is 323 g/mol. The first-order valence-corrected chi connectivity index (χ1v) is 7.29. The van der Waals surface area contributed by atoms with Gasteiger partial charge in [0.1, 0.15) is 5.82 Å². The normalized spacial score (nSPS) is 10.3. The zero-order valence-electron chi connectivity index (χ0n) is 12.0. The van der Waals surface area contributed by atoms with Crippen LogP contribution in [0, 0.1) is 5.82 Å². The molecule has 1 aromatic heterocycles. The van der Waals surface area contributed by atoms with Gasteiger partial charge in [0.25, 0.3) is 0 Å². The number of nitrogens with one attached hydrogen (secondary N) is 2. The molecule has 0 radical (unpaired) electrons. The van der Waals surface area contributed by atoms with Crippen molar-refractivity contribution in [3.05, 3.63) is 30.1 Å². The lowest BCUT2D eigenvalue weighted by molar-refractivity contribution is -0.126. The Bertz CT molecular complexity index is 686. The number of aromatic nitrogens is 3. The van der Waals surface area contributed by atoms with E-state index in [1.807, 2.05) is 0 Å². The summed E-state index contributed by atoms with van der Waals surface area (Å²) in [5.41, 5.74) is 5.19. The van der Waals surface area contributed by atoms with E-state index in [0.717, 1.165) is 5.56 Å². The second-order valence-electron chi connectivity index (χ2n) is 4.39. The first kappa shape index (κ1) is 16.0. The zero-order chi connectivity index (χ0) is 16.1. The van der Waals surface area contributed by atoms with E-state index in [1.165, 1.54) is 30.8 Å². The maximum Gasteiger partial charge on any atom is 0.248 e. The number of hydrogen-bond acceptors (Lipinski definition) is 5. The fourth-order valence-corrected chi connectivity index (χ4v) is 2.33. The third-order valence-electron chi connectivity index (χ3n) is 2.65. The molecular weight excluding hydrogens is 309 g/mol. The Morgan fingerprint density at radius 2 is 1.91 bits per heavy atom. The number of carbonyl (C=O) groups excluding carboxylic acids is 2. The number of halogens is 1. The highest BCUT2D eigenvalue weighted by molar-refractivity contribution is 7.99. The van der Waals surface area contributed by atoms with E-state index in [-0.39, 0.29) is 23.4 Å². The van der Waals surface area contributed by atoms with Crippen LogP contribution in [0.4, 0.5) is 4.39 Å². The number of benzene rings is 1. The molecule has 0 bridgehead atoms. The summed E-state index contributed by atoms with van der Waals surface area (Å²) in [5.74, 6) is -0.377. The van der Waals surface area contributed by atoms with Crippen molar-refractivity contribution in [2.24, 2.45) is 7.05 Å². The van der Waals surface area contributed by atoms with Crippen LogP contribution in [-0.2, 0) is 16.6 Å². The Morgan fingerprint density at radius 3 is 2.55 bits per heavy atom. The molecule has 1 aromatic carbocycles. The standard InChI is InChI=1S/C13H14FN5O2S/c1-8(20)15-16-11(21)7-22-13-18-17-12(19(13)2)9-3-5-10(14)6-4-9/h3-6H,7H2,1-2H3,(H,15,20)(H,16,21). The van der Waals surface area contributed by atoms with Crippen LogP contribution < -0.4 is 10.9 Å². The number of nitrogens with zero attached hydrogens (tertiary/aromatic N) is 3. The molecule has 2 aromatic rings. The van der Waals surface area contributed by atoms with Crippen LogP contribution in [0.1, 0.15) is 6.92 Å². The van der Waals surface area contributed by atoms with E-state index in [1.54, 1.807) is 23.7 Å². The molecule has 0 saturated heterocycles. The van der Waals surface area contributed by atoms with Gasteiger partial charge in [-0.3, -0.25) is 20.4 Å². The topological polar surface area (TPSA) is 88.9 Å². The van der Waals surface area contributed by atoms with Crippen molar-refractivity contribution < 1.29 is 14.0 Å². The van der Waals surface area contributed by atoms with E-state index in [4.69, 9.17) is 0 Å². The second-order valence-corrected chi connectivity index (χ2v) is 5.33. The summed E-state index contributed by atoms with van der Waals surface area (Å²) in [6.45, 7) is 1.30. The van der Waals surface area contributed by atoms with Crippen molar-refractivity contribution in [3.63, 3.8) is 0 Å². The van der Waals surface area contributed by atoms with Gasteiger partial charge in [0, 0.05) is 19.5 Å². The highest BCUT2D eigenvalue weighted by atomic mass is 32.2. The van der Waals surface area contributed by atoms with Crippen LogP contribution >= 0.6 is 11.8 Å². The summed E-state index contributed by atoms with van der Waals surface area (Å²) in [5, 5.41) is 8.57. The fraction of sp³-hybridized carbons (Fsp3) is 0.231. The molecule has 0 aliphatic heterocycles. The van der Waals surface area contributed by atoms with Gasteiger partial charge in [-0.25, -0.2) is 4.39 Å². The molecule has 0 fully saturated rings. The zero-order valence-corrected chi connectivity index (χ0v) is 12.8. The van der Waals surface area contributed by atoms with Crippen LogP contribution in [-0.4, -0.2) is 32.3 Å². The Morgan fingerprint density at radius 1 is 1.23 bits per heavy atom. The first-order chi connectivity index (χ1) is 10.5. The van der Waals surface area contributed by atoms with E-state index >= 15 is 0 Å². The average molecular weight is 323 g/mol. The van der Waals surface area contributed by atoms with Crippen LogP contribution in [0.5, 0.6) is 0 Å². The Kier molecular flexibility index (Phi) is 5.10. The molecule has 0 aliphatic rings. The number of amides is 2. The van der Waals surface area contributed by atoms with Crippen molar-refractivity contribution in [2.75, 3.05) is 5.75 Å². The summed E-state index contributed by atoms with van der Waals surface area (Å²) in [4.78, 5) is 22.2. The highest BCUT2D eigenvalue weighted by Crippen LogP contribution is 2.22. The predicted octanol–water partition coefficient (Wildman–Crippen LogP) is 0.881. The van der Waals surface area contributed by atoms with Crippen LogP contribution in [0.3, 0.4) is 0 Å². The molecule has 0 unspecified atom stereocenters. The smallest absolute Gasteiger partial charge is 0.248 e. The summed E-state index contributed by atoms with van der Waals surface area (Å²) < 4.78 is 14.6. The lowest BCUT2D eigenvalue weighted by Gasteiger charge is -2.05. The molecule has 2 N–H and O–H groups in total. The van der Waals surface area contributed by atoms with Gasteiger partial charge in [-0.2, -0.15) is 0 Å². The van der Waals surface area contributed by atoms with E-state index in [9.17, 15) is 14.0 Å². The van der Waals surface area contributed by atoms with Crippen molar-refractivity contribution in [1.29, 1.82) is 0 Å². The highest BCUT2D eigenvalue weighted by Gasteiger charge is 2.13. The number of carbonyl (C=O) groups is 2. The van der Waals surface area contributed by atoms with Gasteiger partial charge < -0.3 is 4.57 Å². The van der Waals surface area contributed by atoms with Gasteiger partial charge >= 0.3 is 0 Å². The Hall–Kier alpha value is -2.42. The molecule has 0 atom stereocenters. The molecule has 0 saturated carbocycles. The summed E-state index contributed by atoms with van der Waals surface area (Å²) in [6, 6.07) is 5.91. The third kappa shape index (κ3) is 4.04. The van der Waals surface area contributed by atoms with E-state index < -0.39 is 0 Å². The van der Waals surface area contributed by atoms with Gasteiger partial charge in [-0.05, 0) is 24.3 Å². The number of hydrogen-bond donors (Lipinski definition) is 2. The van der Waals surface area contributed by atoms with Crippen LogP contribution in [0.25, 0.3) is 11.4 Å². The summed E-state index contributed by atoms with van der Waals surface area (Å²) in [7, 11) is 1.76. The van der Waals surface area contributed by atoms with Crippen molar-refractivity contribution in [3.8, 4) is 11.4 Å². The number of hydrazine groups is 1. The third-order valence-corrected chi connectivity index (χ3v) is 3.67. The molecule has 7 nitrogen and oxygen atoms in total. The molecule has 22 heavy (non-hydrogen) atoms. The minimum atomic E-state index is -0.355. The molecule has 0 aliphatic carbocycles. The molecular formula is C13H14FN5O2S. The van der Waals surface area contributed by atoms with E-state index in [0.29, 0.717) is 11.0 Å². The SMILES string of the molecule is CC(=O)NNC(=O)CSc1nnc(-c2ccc(F)cc2)n1C. The molecule has 0 spiro atoms.